The summed E-state index contributed by atoms with van der Waals surface area (Å²) in [6.07, 6.45) is 0. The third-order valence-corrected chi connectivity index (χ3v) is 5.40. The second kappa shape index (κ2) is 7.65. The van der Waals surface area contributed by atoms with E-state index in [9.17, 15) is 14.9 Å². The SMILES string of the molecule is COc1ccc(OC)c([C@H]2SCCN2C(=O)c2cccc([N+](=O)[O-])c2)c1. The first-order valence-corrected chi connectivity index (χ1v) is 8.99. The van der Waals surface area contributed by atoms with E-state index in [0.29, 0.717) is 23.6 Å². The number of rotatable bonds is 5. The summed E-state index contributed by atoms with van der Waals surface area (Å²) in [4.78, 5) is 25.2. The quantitative estimate of drug-likeness (QED) is 0.588. The Kier molecular flexibility index (Phi) is 5.32. The molecule has 1 amide bonds. The Labute approximate surface area is 155 Å². The van der Waals surface area contributed by atoms with Crippen molar-refractivity contribution in [3.8, 4) is 11.5 Å². The van der Waals surface area contributed by atoms with Crippen LogP contribution in [0.2, 0.25) is 0 Å². The van der Waals surface area contributed by atoms with E-state index in [4.69, 9.17) is 9.47 Å². The average molecular weight is 374 g/mol. The molecule has 3 rings (SSSR count). The average Bonchev–Trinajstić information content (AvgIpc) is 3.16. The normalized spacial score (nSPS) is 16.4. The van der Waals surface area contributed by atoms with E-state index >= 15 is 0 Å². The van der Waals surface area contributed by atoms with Crippen molar-refractivity contribution in [2.75, 3.05) is 26.5 Å². The van der Waals surface area contributed by atoms with Gasteiger partial charge in [0.2, 0.25) is 0 Å². The molecular weight excluding hydrogens is 356 g/mol. The highest BCUT2D eigenvalue weighted by Gasteiger charge is 2.33. The fourth-order valence-electron chi connectivity index (χ4n) is 2.89. The number of amides is 1. The Bertz CT molecular complexity index is 842. The molecule has 0 saturated carbocycles. The summed E-state index contributed by atoms with van der Waals surface area (Å²) in [6, 6.07) is 11.3. The zero-order valence-corrected chi connectivity index (χ0v) is 15.2. The van der Waals surface area contributed by atoms with Gasteiger partial charge in [-0.1, -0.05) is 6.07 Å². The number of carbonyl (C=O) groups excluding carboxylic acids is 1. The minimum Gasteiger partial charge on any atom is -0.497 e. The van der Waals surface area contributed by atoms with E-state index in [2.05, 4.69) is 0 Å². The highest BCUT2D eigenvalue weighted by Crippen LogP contribution is 2.43. The van der Waals surface area contributed by atoms with Crippen LogP contribution >= 0.6 is 11.8 Å². The number of nitrogens with zero attached hydrogens (tertiary/aromatic N) is 2. The Hall–Kier alpha value is -2.74. The van der Waals surface area contributed by atoms with Crippen LogP contribution in [-0.4, -0.2) is 42.2 Å². The predicted octanol–water partition coefficient (Wildman–Crippen LogP) is 3.50. The van der Waals surface area contributed by atoms with Crippen molar-refractivity contribution >= 4 is 23.4 Å². The number of nitro groups is 1. The molecular formula is C18H18N2O5S. The number of ether oxygens (including phenoxy) is 2. The largest absolute Gasteiger partial charge is 0.497 e. The van der Waals surface area contributed by atoms with Crippen LogP contribution in [0.5, 0.6) is 11.5 Å². The number of carbonyl (C=O) groups is 1. The maximum Gasteiger partial charge on any atom is 0.270 e. The zero-order chi connectivity index (χ0) is 18.7. The second-order valence-corrected chi connectivity index (χ2v) is 6.83. The molecule has 0 aliphatic carbocycles. The van der Waals surface area contributed by atoms with Gasteiger partial charge >= 0.3 is 0 Å². The number of methoxy groups -OCH3 is 2. The molecule has 1 fully saturated rings. The van der Waals surface area contributed by atoms with Gasteiger partial charge in [-0.05, 0) is 24.3 Å². The fraction of sp³-hybridized carbons (Fsp3) is 0.278. The monoisotopic (exact) mass is 374 g/mol. The van der Waals surface area contributed by atoms with Crippen molar-refractivity contribution in [3.05, 3.63) is 63.7 Å². The van der Waals surface area contributed by atoms with Gasteiger partial charge in [0.25, 0.3) is 11.6 Å². The van der Waals surface area contributed by atoms with Gasteiger partial charge < -0.3 is 14.4 Å². The molecule has 136 valence electrons. The number of benzene rings is 2. The van der Waals surface area contributed by atoms with Crippen LogP contribution in [0.3, 0.4) is 0 Å². The van der Waals surface area contributed by atoms with Crippen molar-refractivity contribution in [3.63, 3.8) is 0 Å². The first-order valence-electron chi connectivity index (χ1n) is 7.94. The molecule has 2 aromatic rings. The minimum absolute atomic E-state index is 0.0989. The Balaban J connectivity index is 1.95. The fourth-order valence-corrected chi connectivity index (χ4v) is 4.16. The highest BCUT2D eigenvalue weighted by atomic mass is 32.2. The molecule has 2 aromatic carbocycles. The Morgan fingerprint density at radius 3 is 2.73 bits per heavy atom. The third kappa shape index (κ3) is 3.45. The topological polar surface area (TPSA) is 81.9 Å². The molecule has 26 heavy (non-hydrogen) atoms. The number of hydrogen-bond acceptors (Lipinski definition) is 6. The third-order valence-electron chi connectivity index (χ3n) is 4.16. The lowest BCUT2D eigenvalue weighted by atomic mass is 10.1. The van der Waals surface area contributed by atoms with E-state index < -0.39 is 4.92 Å². The van der Waals surface area contributed by atoms with Crippen LogP contribution < -0.4 is 9.47 Å². The van der Waals surface area contributed by atoms with Gasteiger partial charge in [-0.25, -0.2) is 0 Å². The molecule has 7 nitrogen and oxygen atoms in total. The maximum atomic E-state index is 13.0. The highest BCUT2D eigenvalue weighted by molar-refractivity contribution is 7.99. The summed E-state index contributed by atoms with van der Waals surface area (Å²) in [6.45, 7) is 0.553. The van der Waals surface area contributed by atoms with E-state index in [1.165, 1.54) is 18.2 Å². The summed E-state index contributed by atoms with van der Waals surface area (Å²) in [7, 11) is 3.16. The first-order chi connectivity index (χ1) is 12.5. The summed E-state index contributed by atoms with van der Waals surface area (Å²) in [5.41, 5.74) is 1.04. The predicted molar refractivity (Wildman–Crippen MR) is 98.9 cm³/mol. The molecule has 1 heterocycles. The summed E-state index contributed by atoms with van der Waals surface area (Å²) in [5, 5.41) is 10.7. The van der Waals surface area contributed by atoms with Crippen LogP contribution in [0.25, 0.3) is 0 Å². The lowest BCUT2D eigenvalue weighted by Gasteiger charge is -2.25. The zero-order valence-electron chi connectivity index (χ0n) is 14.4. The van der Waals surface area contributed by atoms with Crippen LogP contribution in [0.15, 0.2) is 42.5 Å². The Morgan fingerprint density at radius 1 is 1.23 bits per heavy atom. The van der Waals surface area contributed by atoms with Gasteiger partial charge in [-0.2, -0.15) is 0 Å². The van der Waals surface area contributed by atoms with Crippen LogP contribution in [0.1, 0.15) is 21.3 Å². The van der Waals surface area contributed by atoms with Crippen molar-refractivity contribution < 1.29 is 19.2 Å². The van der Waals surface area contributed by atoms with Gasteiger partial charge in [0.15, 0.2) is 0 Å². The molecule has 1 atom stereocenters. The number of non-ortho nitro benzene ring substituents is 1. The summed E-state index contributed by atoms with van der Waals surface area (Å²) >= 11 is 1.62. The molecule has 1 aliphatic rings. The summed E-state index contributed by atoms with van der Waals surface area (Å²) < 4.78 is 10.7. The van der Waals surface area contributed by atoms with Gasteiger partial charge in [0.05, 0.1) is 19.1 Å². The van der Waals surface area contributed by atoms with Crippen molar-refractivity contribution in [2.45, 2.75) is 5.37 Å². The van der Waals surface area contributed by atoms with Gasteiger partial charge in [-0.15, -0.1) is 11.8 Å². The molecule has 8 heteroatoms. The molecule has 0 N–H and O–H groups in total. The van der Waals surface area contributed by atoms with Gasteiger partial charge in [0.1, 0.15) is 16.9 Å². The number of hydrogen-bond donors (Lipinski definition) is 0. The second-order valence-electron chi connectivity index (χ2n) is 5.64. The molecule has 0 bridgehead atoms. The van der Waals surface area contributed by atoms with Crippen molar-refractivity contribution in [1.82, 2.24) is 4.90 Å². The molecule has 0 aromatic heterocycles. The lowest BCUT2D eigenvalue weighted by Crippen LogP contribution is -2.30. The van der Waals surface area contributed by atoms with E-state index in [0.717, 1.165) is 11.3 Å². The van der Waals surface area contributed by atoms with E-state index in [-0.39, 0.29) is 17.0 Å². The molecule has 1 saturated heterocycles. The smallest absolute Gasteiger partial charge is 0.270 e. The van der Waals surface area contributed by atoms with Gasteiger partial charge in [0, 0.05) is 35.6 Å². The lowest BCUT2D eigenvalue weighted by molar-refractivity contribution is -0.384. The van der Waals surface area contributed by atoms with E-state index in [1.54, 1.807) is 43.0 Å². The number of nitro benzene ring substituents is 1. The maximum absolute atomic E-state index is 13.0. The van der Waals surface area contributed by atoms with Crippen LogP contribution in [-0.2, 0) is 0 Å². The first kappa shape index (κ1) is 18.1. The van der Waals surface area contributed by atoms with Crippen LogP contribution in [0.4, 0.5) is 5.69 Å². The van der Waals surface area contributed by atoms with Crippen molar-refractivity contribution in [1.29, 1.82) is 0 Å². The summed E-state index contributed by atoms with van der Waals surface area (Å²) in [5.74, 6) is 1.87. The molecule has 0 unspecified atom stereocenters. The minimum atomic E-state index is -0.502. The molecule has 0 radical (unpaired) electrons. The molecule has 0 spiro atoms. The van der Waals surface area contributed by atoms with Crippen molar-refractivity contribution in [2.24, 2.45) is 0 Å². The van der Waals surface area contributed by atoms with E-state index in [1.807, 2.05) is 12.1 Å². The van der Waals surface area contributed by atoms with Crippen LogP contribution in [0, 0.1) is 10.1 Å². The number of thioether (sulfide) groups is 1. The molecule has 1 aliphatic heterocycles. The Morgan fingerprint density at radius 2 is 2.04 bits per heavy atom. The van der Waals surface area contributed by atoms with Gasteiger partial charge in [-0.3, -0.25) is 14.9 Å². The standard InChI is InChI=1S/C18H18N2O5S/c1-24-14-6-7-16(25-2)15(11-14)18-19(8-9-26-18)17(21)12-4-3-5-13(10-12)20(22)23/h3-7,10-11,18H,8-9H2,1-2H3/t18-/m1/s1.